The van der Waals surface area contributed by atoms with Gasteiger partial charge in [-0.2, -0.15) is 0 Å². The minimum absolute atomic E-state index is 0.0893. The summed E-state index contributed by atoms with van der Waals surface area (Å²) in [5.41, 5.74) is 2.02. The zero-order valence-corrected chi connectivity index (χ0v) is 15.7. The van der Waals surface area contributed by atoms with E-state index in [1.165, 1.54) is 17.4 Å². The van der Waals surface area contributed by atoms with Crippen LogP contribution in [0.3, 0.4) is 0 Å². The van der Waals surface area contributed by atoms with Crippen molar-refractivity contribution in [1.29, 1.82) is 0 Å². The van der Waals surface area contributed by atoms with Crippen molar-refractivity contribution in [3.8, 4) is 0 Å². The van der Waals surface area contributed by atoms with Crippen LogP contribution < -0.4 is 15.1 Å². The van der Waals surface area contributed by atoms with Crippen molar-refractivity contribution in [2.24, 2.45) is 5.92 Å². The van der Waals surface area contributed by atoms with Crippen LogP contribution in [-0.4, -0.2) is 31.4 Å². The summed E-state index contributed by atoms with van der Waals surface area (Å²) >= 11 is 0. The summed E-state index contributed by atoms with van der Waals surface area (Å²) in [5, 5.41) is 3.00. The minimum Gasteiger partial charge on any atom is -0.370 e. The molecule has 0 unspecified atom stereocenters. The first-order valence-electron chi connectivity index (χ1n) is 9.83. The Kier molecular flexibility index (Phi) is 5.28. The van der Waals surface area contributed by atoms with E-state index in [1.54, 1.807) is 18.2 Å². The van der Waals surface area contributed by atoms with Gasteiger partial charge in [-0.1, -0.05) is 24.3 Å². The number of para-hydroxylation sites is 3. The summed E-state index contributed by atoms with van der Waals surface area (Å²) in [4.78, 5) is 28.9. The van der Waals surface area contributed by atoms with E-state index in [0.29, 0.717) is 0 Å². The molecule has 0 spiro atoms. The van der Waals surface area contributed by atoms with Crippen molar-refractivity contribution in [3.63, 3.8) is 0 Å². The summed E-state index contributed by atoms with van der Waals surface area (Å²) in [6, 6.07) is 14.0. The van der Waals surface area contributed by atoms with E-state index >= 15 is 0 Å². The third-order valence-electron chi connectivity index (χ3n) is 5.50. The zero-order valence-electron chi connectivity index (χ0n) is 15.7. The van der Waals surface area contributed by atoms with Gasteiger partial charge >= 0.3 is 0 Å². The lowest BCUT2D eigenvalue weighted by Crippen LogP contribution is -2.32. The Balaban J connectivity index is 1.48. The van der Waals surface area contributed by atoms with E-state index in [4.69, 9.17) is 0 Å². The van der Waals surface area contributed by atoms with Crippen molar-refractivity contribution in [2.45, 2.75) is 25.7 Å². The topological polar surface area (TPSA) is 52.7 Å². The van der Waals surface area contributed by atoms with Crippen molar-refractivity contribution in [3.05, 3.63) is 54.3 Å². The molecular weight excluding hydrogens is 357 g/mol. The number of nitrogens with zero attached hydrogens (tertiary/aromatic N) is 2. The molecule has 28 heavy (non-hydrogen) atoms. The molecule has 2 aliphatic rings. The van der Waals surface area contributed by atoms with Crippen LogP contribution in [0.15, 0.2) is 48.5 Å². The highest BCUT2D eigenvalue weighted by molar-refractivity contribution is 6.04. The third kappa shape index (κ3) is 3.72. The molecule has 2 heterocycles. The molecule has 2 aromatic rings. The summed E-state index contributed by atoms with van der Waals surface area (Å²) < 4.78 is 14.0. The number of benzene rings is 2. The molecule has 2 fully saturated rings. The van der Waals surface area contributed by atoms with E-state index in [0.717, 1.165) is 37.3 Å². The number of nitrogens with one attached hydrogen (secondary N) is 1. The van der Waals surface area contributed by atoms with Gasteiger partial charge < -0.3 is 15.1 Å². The maximum atomic E-state index is 14.0. The van der Waals surface area contributed by atoms with Crippen LogP contribution in [0.5, 0.6) is 0 Å². The van der Waals surface area contributed by atoms with Gasteiger partial charge in [-0.25, -0.2) is 4.39 Å². The number of carbonyl (C=O) groups is 2. The normalized spacial score (nSPS) is 19.8. The Morgan fingerprint density at radius 3 is 2.39 bits per heavy atom. The van der Waals surface area contributed by atoms with Gasteiger partial charge in [-0.15, -0.1) is 0 Å². The smallest absolute Gasteiger partial charge is 0.229 e. The van der Waals surface area contributed by atoms with E-state index in [2.05, 4.69) is 10.2 Å². The molecule has 0 aliphatic carbocycles. The number of rotatable bonds is 4. The first-order chi connectivity index (χ1) is 13.6. The third-order valence-corrected chi connectivity index (χ3v) is 5.50. The van der Waals surface area contributed by atoms with Gasteiger partial charge in [0.2, 0.25) is 11.8 Å². The van der Waals surface area contributed by atoms with E-state index in [1.807, 2.05) is 24.3 Å². The fourth-order valence-corrected chi connectivity index (χ4v) is 4.01. The largest absolute Gasteiger partial charge is 0.370 e. The van der Waals surface area contributed by atoms with E-state index in [-0.39, 0.29) is 30.5 Å². The molecule has 0 radical (unpaired) electrons. The second-order valence-corrected chi connectivity index (χ2v) is 7.41. The maximum absolute atomic E-state index is 14.0. The molecule has 146 valence electrons. The summed E-state index contributed by atoms with van der Waals surface area (Å²) in [5.74, 6) is -1.37. The fourth-order valence-electron chi connectivity index (χ4n) is 4.01. The van der Waals surface area contributed by atoms with E-state index in [9.17, 15) is 14.0 Å². The minimum atomic E-state index is -0.499. The lowest BCUT2D eigenvalue weighted by atomic mass is 10.1. The van der Waals surface area contributed by atoms with Crippen LogP contribution in [0.1, 0.15) is 25.7 Å². The molecule has 1 N–H and O–H groups in total. The molecule has 5 nitrogen and oxygen atoms in total. The second kappa shape index (κ2) is 8.00. The van der Waals surface area contributed by atoms with Gasteiger partial charge in [0.05, 0.1) is 23.0 Å². The lowest BCUT2D eigenvalue weighted by molar-refractivity contribution is -0.122. The average Bonchev–Trinajstić information content (AvgIpc) is 3.11. The molecule has 2 aliphatic heterocycles. The number of carbonyl (C=O) groups excluding carboxylic acids is 2. The summed E-state index contributed by atoms with van der Waals surface area (Å²) in [6.45, 7) is 2.16. The Bertz CT molecular complexity index is 880. The molecule has 0 aromatic heterocycles. The number of hydrogen-bond acceptors (Lipinski definition) is 3. The van der Waals surface area contributed by atoms with Crippen LogP contribution in [0.25, 0.3) is 0 Å². The standard InChI is InChI=1S/C22H24FN3O2/c23-17-8-2-4-10-19(17)26-15-16(14-21(26)27)22(28)24-18-9-3-5-11-20(18)25-12-6-1-7-13-25/h2-5,8-11,16H,1,6-7,12-15H2,(H,24,28)/t16-/m1/s1. The Hall–Kier alpha value is -2.89. The van der Waals surface area contributed by atoms with Gasteiger partial charge in [0.1, 0.15) is 5.82 Å². The predicted octanol–water partition coefficient (Wildman–Crippen LogP) is 3.81. The van der Waals surface area contributed by atoms with Crippen molar-refractivity contribution in [2.75, 3.05) is 34.8 Å². The monoisotopic (exact) mass is 381 g/mol. The summed E-state index contributed by atoms with van der Waals surface area (Å²) in [7, 11) is 0. The van der Waals surface area contributed by atoms with E-state index < -0.39 is 11.7 Å². The SMILES string of the molecule is O=C(Nc1ccccc1N1CCCCC1)[C@@H]1CC(=O)N(c2ccccc2F)C1. The highest BCUT2D eigenvalue weighted by Gasteiger charge is 2.36. The highest BCUT2D eigenvalue weighted by Crippen LogP contribution is 2.31. The van der Waals surface area contributed by atoms with Crippen molar-refractivity contribution < 1.29 is 14.0 Å². The Morgan fingerprint density at radius 1 is 0.964 bits per heavy atom. The average molecular weight is 381 g/mol. The number of halogens is 1. The first kappa shape index (κ1) is 18.5. The molecule has 0 bridgehead atoms. The van der Waals surface area contributed by atoms with Crippen LogP contribution >= 0.6 is 0 Å². The number of anilines is 3. The lowest BCUT2D eigenvalue weighted by Gasteiger charge is -2.30. The van der Waals surface area contributed by atoms with Crippen molar-refractivity contribution in [1.82, 2.24) is 0 Å². The summed E-state index contributed by atoms with van der Waals surface area (Å²) in [6.07, 6.45) is 3.63. The predicted molar refractivity (Wildman–Crippen MR) is 108 cm³/mol. The molecule has 6 heteroatoms. The molecule has 2 saturated heterocycles. The maximum Gasteiger partial charge on any atom is 0.229 e. The quantitative estimate of drug-likeness (QED) is 0.876. The number of piperidine rings is 1. The van der Waals surface area contributed by atoms with Gasteiger partial charge in [-0.3, -0.25) is 9.59 Å². The molecule has 2 amide bonds. The Morgan fingerprint density at radius 2 is 1.64 bits per heavy atom. The first-order valence-corrected chi connectivity index (χ1v) is 9.83. The van der Waals surface area contributed by atoms with Crippen LogP contribution in [-0.2, 0) is 9.59 Å². The molecule has 1 atom stereocenters. The van der Waals surface area contributed by atoms with Crippen LogP contribution in [0.4, 0.5) is 21.5 Å². The number of hydrogen-bond donors (Lipinski definition) is 1. The van der Waals surface area contributed by atoms with Crippen LogP contribution in [0.2, 0.25) is 0 Å². The second-order valence-electron chi connectivity index (χ2n) is 7.41. The molecule has 4 rings (SSSR count). The number of amides is 2. The van der Waals surface area contributed by atoms with Gasteiger partial charge in [0.15, 0.2) is 0 Å². The zero-order chi connectivity index (χ0) is 19.5. The molecule has 2 aromatic carbocycles. The fraction of sp³-hybridized carbons (Fsp3) is 0.364. The Labute approximate surface area is 164 Å². The van der Waals surface area contributed by atoms with Gasteiger partial charge in [0, 0.05) is 26.1 Å². The van der Waals surface area contributed by atoms with Crippen LogP contribution in [0, 0.1) is 11.7 Å². The molecule has 0 saturated carbocycles. The van der Waals surface area contributed by atoms with Gasteiger partial charge in [0.25, 0.3) is 0 Å². The highest BCUT2D eigenvalue weighted by atomic mass is 19.1. The molecular formula is C22H24FN3O2. The van der Waals surface area contributed by atoms with Gasteiger partial charge in [-0.05, 0) is 43.5 Å². The van der Waals surface area contributed by atoms with Crippen molar-refractivity contribution >= 4 is 28.9 Å².